The van der Waals surface area contributed by atoms with E-state index in [1.807, 2.05) is 0 Å². The van der Waals surface area contributed by atoms with Crippen LogP contribution in [0.25, 0.3) is 0 Å². The molecule has 1 rings (SSSR count). The Bertz CT molecular complexity index is 358. The fourth-order valence-electron chi connectivity index (χ4n) is 2.04. The number of aromatic nitrogens is 2. The predicted octanol–water partition coefficient (Wildman–Crippen LogP) is 2.78. The highest BCUT2D eigenvalue weighted by molar-refractivity contribution is 5.52. The topological polar surface area (TPSA) is 39.1 Å². The summed E-state index contributed by atoms with van der Waals surface area (Å²) in [5.41, 5.74) is 3.45. The van der Waals surface area contributed by atoms with E-state index in [0.717, 1.165) is 18.8 Å². The van der Waals surface area contributed by atoms with Crippen molar-refractivity contribution in [3.63, 3.8) is 0 Å². The summed E-state index contributed by atoms with van der Waals surface area (Å²) in [6.07, 6.45) is 0. The molecule has 0 saturated heterocycles. The van der Waals surface area contributed by atoms with E-state index in [-0.39, 0.29) is 0 Å². The maximum absolute atomic E-state index is 5.14. The van der Waals surface area contributed by atoms with Crippen LogP contribution in [0.3, 0.4) is 0 Å². The van der Waals surface area contributed by atoms with Crippen LogP contribution in [0.1, 0.15) is 38.2 Å². The quantitative estimate of drug-likeness (QED) is 0.829. The summed E-state index contributed by atoms with van der Waals surface area (Å²) in [6.45, 7) is 12.3. The number of hydrogen-bond donors (Lipinski definition) is 1. The zero-order valence-electron chi connectivity index (χ0n) is 11.9. The number of aryl methyl sites for hydroxylation is 1. The summed E-state index contributed by atoms with van der Waals surface area (Å²) in [5.74, 6) is 0.501. The van der Waals surface area contributed by atoms with Gasteiger partial charge >= 0.3 is 0 Å². The number of rotatable bonds is 6. The van der Waals surface area contributed by atoms with E-state index in [1.165, 1.54) is 11.4 Å². The first-order chi connectivity index (χ1) is 7.97. The van der Waals surface area contributed by atoms with Crippen LogP contribution in [-0.2, 0) is 4.74 Å². The molecule has 0 aliphatic rings. The second kappa shape index (κ2) is 6.05. The lowest BCUT2D eigenvalue weighted by atomic mass is 10.2. The lowest BCUT2D eigenvalue weighted by Crippen LogP contribution is -2.16. The molecule has 0 aliphatic heterocycles. The maximum Gasteiger partial charge on any atom is 0.0828 e. The van der Waals surface area contributed by atoms with Gasteiger partial charge < -0.3 is 10.1 Å². The normalized spacial score (nSPS) is 13.1. The molecule has 98 valence electrons. The van der Waals surface area contributed by atoms with Crippen molar-refractivity contribution in [2.75, 3.05) is 25.6 Å². The smallest absolute Gasteiger partial charge is 0.0828 e. The average Bonchev–Trinajstić information content (AvgIpc) is 2.52. The lowest BCUT2D eigenvalue weighted by molar-refractivity contribution is 0.164. The summed E-state index contributed by atoms with van der Waals surface area (Å²) >= 11 is 0. The molecule has 4 nitrogen and oxygen atoms in total. The van der Waals surface area contributed by atoms with Gasteiger partial charge in [-0.25, -0.2) is 0 Å². The third-order valence-electron chi connectivity index (χ3n) is 2.89. The molecule has 0 aliphatic carbocycles. The maximum atomic E-state index is 5.14. The Morgan fingerprint density at radius 1 is 1.29 bits per heavy atom. The highest BCUT2D eigenvalue weighted by atomic mass is 16.5. The fourth-order valence-corrected chi connectivity index (χ4v) is 2.04. The van der Waals surface area contributed by atoms with E-state index >= 15 is 0 Å². The van der Waals surface area contributed by atoms with Crippen molar-refractivity contribution in [1.29, 1.82) is 0 Å². The second-order valence-electron chi connectivity index (χ2n) is 5.03. The van der Waals surface area contributed by atoms with E-state index in [1.54, 1.807) is 7.11 Å². The Labute approximate surface area is 104 Å². The van der Waals surface area contributed by atoms with Crippen molar-refractivity contribution in [1.82, 2.24) is 9.78 Å². The summed E-state index contributed by atoms with van der Waals surface area (Å²) in [7, 11) is 1.74. The standard InChI is InChI=1S/C13H25N3O/c1-9(2)16-12(5)13(11(4)15-16)14-7-10(3)8-17-6/h9-10,14H,7-8H2,1-6H3. The van der Waals surface area contributed by atoms with Crippen LogP contribution in [0.2, 0.25) is 0 Å². The van der Waals surface area contributed by atoms with Gasteiger partial charge in [0.1, 0.15) is 0 Å². The van der Waals surface area contributed by atoms with Crippen LogP contribution in [0, 0.1) is 19.8 Å². The predicted molar refractivity (Wildman–Crippen MR) is 71.6 cm³/mol. The lowest BCUT2D eigenvalue weighted by Gasteiger charge is -2.13. The molecule has 1 heterocycles. The molecule has 0 aromatic carbocycles. The van der Waals surface area contributed by atoms with Gasteiger partial charge in [0.05, 0.1) is 23.7 Å². The third kappa shape index (κ3) is 3.46. The summed E-state index contributed by atoms with van der Waals surface area (Å²) in [6, 6.07) is 0.403. The first-order valence-corrected chi connectivity index (χ1v) is 6.25. The minimum Gasteiger partial charge on any atom is -0.384 e. The van der Waals surface area contributed by atoms with Crippen molar-refractivity contribution < 1.29 is 4.74 Å². The summed E-state index contributed by atoms with van der Waals surface area (Å²) in [5, 5.41) is 8.03. The van der Waals surface area contributed by atoms with E-state index in [9.17, 15) is 0 Å². The number of ether oxygens (including phenoxy) is 1. The molecule has 0 radical (unpaired) electrons. The molecule has 0 amide bonds. The molecule has 0 fully saturated rings. The third-order valence-corrected chi connectivity index (χ3v) is 2.89. The van der Waals surface area contributed by atoms with Crippen molar-refractivity contribution in [3.8, 4) is 0 Å². The molecule has 4 heteroatoms. The van der Waals surface area contributed by atoms with Gasteiger partial charge in [0.25, 0.3) is 0 Å². The summed E-state index contributed by atoms with van der Waals surface area (Å²) in [4.78, 5) is 0. The Morgan fingerprint density at radius 3 is 2.41 bits per heavy atom. The molecular weight excluding hydrogens is 214 g/mol. The van der Waals surface area contributed by atoms with Crippen molar-refractivity contribution in [3.05, 3.63) is 11.4 Å². The molecule has 0 spiro atoms. The largest absolute Gasteiger partial charge is 0.384 e. The highest BCUT2D eigenvalue weighted by Crippen LogP contribution is 2.22. The molecule has 1 N–H and O–H groups in total. The minimum atomic E-state index is 0.403. The Balaban J connectivity index is 2.71. The Hall–Kier alpha value is -1.03. The molecule has 1 atom stereocenters. The van der Waals surface area contributed by atoms with Gasteiger partial charge in [-0.15, -0.1) is 0 Å². The Kier molecular flexibility index (Phi) is 5.00. The van der Waals surface area contributed by atoms with E-state index in [2.05, 4.69) is 49.7 Å². The van der Waals surface area contributed by atoms with E-state index < -0.39 is 0 Å². The number of hydrogen-bond acceptors (Lipinski definition) is 3. The van der Waals surface area contributed by atoms with Crippen LogP contribution < -0.4 is 5.32 Å². The van der Waals surface area contributed by atoms with Gasteiger partial charge in [-0.1, -0.05) is 6.92 Å². The molecule has 0 bridgehead atoms. The van der Waals surface area contributed by atoms with Crippen LogP contribution in [-0.4, -0.2) is 30.0 Å². The van der Waals surface area contributed by atoms with Gasteiger partial charge in [-0.2, -0.15) is 5.10 Å². The number of anilines is 1. The molecule has 0 saturated carbocycles. The second-order valence-corrected chi connectivity index (χ2v) is 5.03. The average molecular weight is 239 g/mol. The van der Waals surface area contributed by atoms with Crippen LogP contribution in [0.15, 0.2) is 0 Å². The SMILES string of the molecule is COCC(C)CNc1c(C)nn(C(C)C)c1C. The minimum absolute atomic E-state index is 0.403. The Morgan fingerprint density at radius 2 is 1.94 bits per heavy atom. The monoisotopic (exact) mass is 239 g/mol. The number of nitrogens with zero attached hydrogens (tertiary/aromatic N) is 2. The number of methoxy groups -OCH3 is 1. The van der Waals surface area contributed by atoms with Gasteiger partial charge in [0.2, 0.25) is 0 Å². The highest BCUT2D eigenvalue weighted by Gasteiger charge is 2.13. The zero-order chi connectivity index (χ0) is 13.0. The van der Waals surface area contributed by atoms with Crippen LogP contribution in [0.4, 0.5) is 5.69 Å². The first kappa shape index (κ1) is 14.0. The van der Waals surface area contributed by atoms with Crippen molar-refractivity contribution in [2.45, 2.75) is 40.7 Å². The fraction of sp³-hybridized carbons (Fsp3) is 0.769. The van der Waals surface area contributed by atoms with Gasteiger partial charge in [-0.3, -0.25) is 4.68 Å². The van der Waals surface area contributed by atoms with Gasteiger partial charge in [0.15, 0.2) is 0 Å². The van der Waals surface area contributed by atoms with Crippen molar-refractivity contribution in [2.24, 2.45) is 5.92 Å². The molecule has 1 aromatic rings. The van der Waals surface area contributed by atoms with E-state index in [4.69, 9.17) is 4.74 Å². The molecule has 1 unspecified atom stereocenters. The summed E-state index contributed by atoms with van der Waals surface area (Å²) < 4.78 is 7.20. The van der Waals surface area contributed by atoms with Crippen molar-refractivity contribution >= 4 is 5.69 Å². The number of nitrogens with one attached hydrogen (secondary N) is 1. The van der Waals surface area contributed by atoms with Crippen LogP contribution in [0.5, 0.6) is 0 Å². The molecular formula is C13H25N3O. The van der Waals surface area contributed by atoms with E-state index in [0.29, 0.717) is 12.0 Å². The molecule has 17 heavy (non-hydrogen) atoms. The zero-order valence-corrected chi connectivity index (χ0v) is 11.9. The van der Waals surface area contributed by atoms with Gasteiger partial charge in [-0.05, 0) is 33.6 Å². The first-order valence-electron chi connectivity index (χ1n) is 6.25. The van der Waals surface area contributed by atoms with Crippen LogP contribution >= 0.6 is 0 Å². The van der Waals surface area contributed by atoms with Gasteiger partial charge in [0, 0.05) is 19.7 Å². The molecule has 1 aromatic heterocycles.